The van der Waals surface area contributed by atoms with Gasteiger partial charge in [0.05, 0.1) is 0 Å². The molecule has 15 nitrogen and oxygen atoms in total. The summed E-state index contributed by atoms with van der Waals surface area (Å²) in [6.45, 7) is 15.9. The van der Waals surface area contributed by atoms with Gasteiger partial charge in [-0.05, 0) is 54.9 Å². The van der Waals surface area contributed by atoms with Gasteiger partial charge in [0.25, 0.3) is 0 Å². The van der Waals surface area contributed by atoms with Crippen LogP contribution in [0.3, 0.4) is 0 Å². The highest BCUT2D eigenvalue weighted by Crippen LogP contribution is 2.23. The average Bonchev–Trinajstić information content (AvgIpc) is 2.82. The molecule has 0 aromatic carbocycles. The molecule has 0 aliphatic rings. The predicted octanol–water partition coefficient (Wildman–Crippen LogP) is 0.959. The van der Waals surface area contributed by atoms with E-state index in [1.807, 2.05) is 6.92 Å². The smallest absolute Gasteiger partial charge is 0.327 e. The first-order chi connectivity index (χ1) is 19.8. The molecule has 0 spiro atoms. The van der Waals surface area contributed by atoms with Crippen molar-refractivity contribution in [2.45, 2.75) is 119 Å². The van der Waals surface area contributed by atoms with Gasteiger partial charge in [0.2, 0.25) is 18.2 Å². The molecular weight excluding hydrogens is 673 g/mol. The van der Waals surface area contributed by atoms with Crippen LogP contribution >= 0.6 is 50.5 Å². The lowest BCUT2D eigenvalue weighted by Gasteiger charge is -2.29. The molecule has 0 rings (SSSR count). The van der Waals surface area contributed by atoms with Crippen LogP contribution in [0.5, 0.6) is 0 Å². The summed E-state index contributed by atoms with van der Waals surface area (Å²) in [5.41, 5.74) is 5.22. The number of nitrogens with one attached hydrogen (secondary N) is 3. The van der Waals surface area contributed by atoms with Crippen LogP contribution in [0.1, 0.15) is 75.7 Å². The van der Waals surface area contributed by atoms with E-state index in [-0.39, 0.29) is 11.8 Å². The number of hydrogen-bond acceptors (Lipinski definition) is 12. The first kappa shape index (κ1) is 49.5. The Labute approximate surface area is 286 Å². The van der Waals surface area contributed by atoms with E-state index in [2.05, 4.69) is 66.5 Å². The van der Waals surface area contributed by atoms with Gasteiger partial charge in [-0.15, -0.1) is 0 Å². The standard InChI is InChI=1S/C8H15NO3S.C7H13NO3S.C6H11NO3S.C5H11NO2S/c1-4-8(3,13)6(7(11)12)9-5(2)10;1-4(9)8-5(6(10)11)7(2,3)12;1-6(2,11)4(5(9)10)7-3-8;1-5(2,9)3(6)4(7)8/h6,13H,4H2,1-3H3,(H,9,10)(H,11,12);5,12H,1-3H3,(H,8,9)(H,10,11);3-4,11H,1-2H3,(H,7,8)(H,9,10);3,9H,6H2,1-2H3,(H,7,8). The van der Waals surface area contributed by atoms with Gasteiger partial charge < -0.3 is 42.1 Å². The van der Waals surface area contributed by atoms with Gasteiger partial charge in [-0.2, -0.15) is 50.5 Å². The topological polar surface area (TPSA) is 263 Å². The molecule has 19 heteroatoms. The summed E-state index contributed by atoms with van der Waals surface area (Å²) in [6, 6.07) is -3.76. The molecule has 264 valence electrons. The lowest BCUT2D eigenvalue weighted by atomic mass is 9.98. The predicted molar refractivity (Wildman–Crippen MR) is 184 cm³/mol. The third-order valence-electron chi connectivity index (χ3n) is 5.45. The average molecular weight is 723 g/mol. The number of rotatable bonds is 13. The Morgan fingerprint density at radius 2 is 0.956 bits per heavy atom. The molecule has 0 aliphatic carbocycles. The second-order valence-corrected chi connectivity index (χ2v) is 16.0. The van der Waals surface area contributed by atoms with Crippen LogP contribution in [0.4, 0.5) is 0 Å². The van der Waals surface area contributed by atoms with Gasteiger partial charge in [-0.25, -0.2) is 14.4 Å². The monoisotopic (exact) mass is 722 g/mol. The number of carboxylic acids is 4. The van der Waals surface area contributed by atoms with Gasteiger partial charge in [0.15, 0.2) is 0 Å². The molecule has 0 radical (unpaired) electrons. The Morgan fingerprint density at radius 3 is 1.07 bits per heavy atom. The fourth-order valence-electron chi connectivity index (χ4n) is 2.58. The van der Waals surface area contributed by atoms with Crippen LogP contribution in [0.2, 0.25) is 0 Å². The largest absolute Gasteiger partial charge is 0.480 e. The van der Waals surface area contributed by atoms with E-state index in [9.17, 15) is 33.6 Å². The maximum atomic E-state index is 10.8. The van der Waals surface area contributed by atoms with Crippen LogP contribution in [-0.2, 0) is 33.6 Å². The summed E-state index contributed by atoms with van der Waals surface area (Å²) < 4.78 is -2.90. The van der Waals surface area contributed by atoms with Gasteiger partial charge in [0, 0.05) is 32.8 Å². The van der Waals surface area contributed by atoms with Crippen molar-refractivity contribution in [2.75, 3.05) is 0 Å². The summed E-state index contributed by atoms with van der Waals surface area (Å²) in [5.74, 6) is -4.97. The van der Waals surface area contributed by atoms with Crippen LogP contribution < -0.4 is 21.7 Å². The van der Waals surface area contributed by atoms with E-state index < -0.39 is 67.0 Å². The van der Waals surface area contributed by atoms with E-state index >= 15 is 0 Å². The summed E-state index contributed by atoms with van der Waals surface area (Å²) in [4.78, 5) is 73.3. The minimum absolute atomic E-state index is 0.358. The quantitative estimate of drug-likeness (QED) is 0.0937. The first-order valence-corrected chi connectivity index (χ1v) is 14.9. The van der Waals surface area contributed by atoms with Gasteiger partial charge in [-0.1, -0.05) is 6.92 Å². The zero-order valence-electron chi connectivity index (χ0n) is 27.1. The van der Waals surface area contributed by atoms with Crippen LogP contribution in [0.15, 0.2) is 0 Å². The van der Waals surface area contributed by atoms with Crippen LogP contribution in [0, 0.1) is 0 Å². The summed E-state index contributed by atoms with van der Waals surface area (Å²) in [5, 5.41) is 41.3. The Kier molecular flexibility index (Phi) is 23.6. The molecule has 0 bridgehead atoms. The van der Waals surface area contributed by atoms with Crippen LogP contribution in [0.25, 0.3) is 0 Å². The van der Waals surface area contributed by atoms with E-state index in [0.29, 0.717) is 12.8 Å². The minimum Gasteiger partial charge on any atom is -0.480 e. The highest BCUT2D eigenvalue weighted by atomic mass is 32.1. The first-order valence-electron chi connectivity index (χ1n) is 13.1. The van der Waals surface area contributed by atoms with Gasteiger partial charge in [0.1, 0.15) is 24.2 Å². The van der Waals surface area contributed by atoms with Crippen molar-refractivity contribution in [1.29, 1.82) is 0 Å². The zero-order chi connectivity index (χ0) is 37.3. The molecule has 0 aromatic rings. The maximum absolute atomic E-state index is 10.8. The number of hydrogen-bond donors (Lipinski definition) is 12. The lowest BCUT2D eigenvalue weighted by Crippen LogP contribution is -2.52. The molecule has 5 unspecified atom stereocenters. The summed E-state index contributed by atoms with van der Waals surface area (Å²) >= 11 is 16.3. The number of thiol groups is 4. The molecule has 0 saturated carbocycles. The fourth-order valence-corrected chi connectivity index (χ4v) is 3.23. The number of carbonyl (C=O) groups is 7. The molecule has 5 atom stereocenters. The third-order valence-corrected chi connectivity index (χ3v) is 6.82. The summed E-state index contributed by atoms with van der Waals surface area (Å²) in [7, 11) is 0. The van der Waals surface area contributed by atoms with E-state index in [1.165, 1.54) is 13.8 Å². The second kappa shape index (κ2) is 21.4. The van der Waals surface area contributed by atoms with Crippen molar-refractivity contribution in [3.63, 3.8) is 0 Å². The number of carbonyl (C=O) groups excluding carboxylic acids is 3. The molecule has 0 heterocycles. The van der Waals surface area contributed by atoms with E-state index in [1.54, 1.807) is 48.5 Å². The zero-order valence-corrected chi connectivity index (χ0v) is 30.7. The summed E-state index contributed by atoms with van der Waals surface area (Å²) in [6.07, 6.45) is 0.921. The van der Waals surface area contributed by atoms with Crippen molar-refractivity contribution in [3.8, 4) is 0 Å². The Bertz CT molecular complexity index is 1010. The molecular formula is C26H50N4O11S4. The Morgan fingerprint density at radius 1 is 0.644 bits per heavy atom. The number of amides is 3. The van der Waals surface area contributed by atoms with Crippen LogP contribution in [-0.4, -0.2) is 106 Å². The third kappa shape index (κ3) is 24.5. The molecule has 0 aromatic heterocycles. The highest BCUT2D eigenvalue weighted by Gasteiger charge is 2.35. The number of aliphatic carboxylic acids is 4. The lowest BCUT2D eigenvalue weighted by molar-refractivity contribution is -0.142. The molecule has 0 saturated heterocycles. The SMILES string of the molecule is CC(=O)NC(C(=O)O)C(C)(C)S.CC(C)(S)C(N)C(=O)O.CC(C)(S)C(NC=O)C(=O)O.CCC(C)(S)C(NC(C)=O)C(=O)O. The van der Waals surface area contributed by atoms with E-state index in [0.717, 1.165) is 0 Å². The molecule has 45 heavy (non-hydrogen) atoms. The van der Waals surface area contributed by atoms with Crippen molar-refractivity contribution in [1.82, 2.24) is 16.0 Å². The molecule has 0 fully saturated rings. The fraction of sp³-hybridized carbons (Fsp3) is 0.731. The van der Waals surface area contributed by atoms with E-state index in [4.69, 9.17) is 26.2 Å². The van der Waals surface area contributed by atoms with Crippen molar-refractivity contribution in [3.05, 3.63) is 0 Å². The molecule has 9 N–H and O–H groups in total. The van der Waals surface area contributed by atoms with Gasteiger partial charge >= 0.3 is 23.9 Å². The Hall–Kier alpha value is -2.35. The normalized spacial score (nSPS) is 15.0. The Balaban J connectivity index is -0.000000251. The second-order valence-electron chi connectivity index (χ2n) is 11.5. The van der Waals surface area contributed by atoms with Crippen molar-refractivity contribution < 1.29 is 54.0 Å². The highest BCUT2D eigenvalue weighted by molar-refractivity contribution is 7.82. The molecule has 0 aliphatic heterocycles. The number of carboxylic acid groups (broad SMARTS) is 4. The molecule has 3 amide bonds. The van der Waals surface area contributed by atoms with Gasteiger partial charge in [-0.3, -0.25) is 19.2 Å². The van der Waals surface area contributed by atoms with Crippen molar-refractivity contribution in [2.24, 2.45) is 5.73 Å². The van der Waals surface area contributed by atoms with Crippen molar-refractivity contribution >= 4 is 92.6 Å². The number of nitrogens with two attached hydrogens (primary N) is 1. The minimum atomic E-state index is -1.09. The maximum Gasteiger partial charge on any atom is 0.327 e.